The number of aryl methyl sites for hydroxylation is 1. The van der Waals surface area contributed by atoms with Crippen molar-refractivity contribution in [1.29, 1.82) is 0 Å². The number of hydrogen-bond donors (Lipinski definition) is 1. The van der Waals surface area contributed by atoms with E-state index in [0.29, 0.717) is 12.0 Å². The van der Waals surface area contributed by atoms with Crippen LogP contribution in [-0.4, -0.2) is 19.7 Å². The predicted octanol–water partition coefficient (Wildman–Crippen LogP) is 3.64. The first-order valence-electron chi connectivity index (χ1n) is 7.14. The number of ether oxygens (including phenoxy) is 1. The van der Waals surface area contributed by atoms with Crippen LogP contribution < -0.4 is 10.1 Å². The highest BCUT2D eigenvalue weighted by molar-refractivity contribution is 5.37. The molecular formula is C16H25NO. The van der Waals surface area contributed by atoms with Crippen LogP contribution in [0.1, 0.15) is 49.7 Å². The predicted molar refractivity (Wildman–Crippen MR) is 76.4 cm³/mol. The fraction of sp³-hybridized carbons (Fsp3) is 0.625. The van der Waals surface area contributed by atoms with Crippen molar-refractivity contribution in [3.8, 4) is 5.75 Å². The topological polar surface area (TPSA) is 21.3 Å². The van der Waals surface area contributed by atoms with Crippen molar-refractivity contribution >= 4 is 0 Å². The second-order valence-corrected chi connectivity index (χ2v) is 5.28. The van der Waals surface area contributed by atoms with Gasteiger partial charge in [-0.05, 0) is 55.5 Å². The molecule has 1 aliphatic carbocycles. The van der Waals surface area contributed by atoms with Gasteiger partial charge in [-0.15, -0.1) is 0 Å². The third kappa shape index (κ3) is 2.86. The molecule has 0 radical (unpaired) electrons. The molecule has 2 heteroatoms. The first-order chi connectivity index (χ1) is 8.76. The molecule has 0 heterocycles. The van der Waals surface area contributed by atoms with Gasteiger partial charge in [0.05, 0.1) is 7.11 Å². The molecule has 100 valence electrons. The largest absolute Gasteiger partial charge is 0.497 e. The van der Waals surface area contributed by atoms with Gasteiger partial charge in [-0.2, -0.15) is 0 Å². The number of methoxy groups -OCH3 is 1. The van der Waals surface area contributed by atoms with Crippen molar-refractivity contribution in [3.63, 3.8) is 0 Å². The van der Waals surface area contributed by atoms with Crippen molar-refractivity contribution in [1.82, 2.24) is 5.32 Å². The Labute approximate surface area is 111 Å². The molecule has 1 aromatic rings. The molecular weight excluding hydrogens is 222 g/mol. The number of likely N-dealkylation sites (N-methyl/N-ethyl adjacent to an activating group) is 1. The zero-order chi connectivity index (χ0) is 13.0. The number of nitrogens with one attached hydrogen (secondary N) is 1. The van der Waals surface area contributed by atoms with Gasteiger partial charge in [0, 0.05) is 6.04 Å². The van der Waals surface area contributed by atoms with Gasteiger partial charge in [0.2, 0.25) is 0 Å². The van der Waals surface area contributed by atoms with Crippen LogP contribution in [0, 0.1) is 6.92 Å². The molecule has 0 spiro atoms. The van der Waals surface area contributed by atoms with Crippen molar-refractivity contribution in [2.24, 2.45) is 0 Å². The van der Waals surface area contributed by atoms with Crippen LogP contribution in [0.2, 0.25) is 0 Å². The lowest BCUT2D eigenvalue weighted by molar-refractivity contribution is 0.331. The fourth-order valence-corrected chi connectivity index (χ4v) is 3.20. The maximum atomic E-state index is 5.30. The van der Waals surface area contributed by atoms with Crippen LogP contribution in [0.4, 0.5) is 0 Å². The summed E-state index contributed by atoms with van der Waals surface area (Å²) in [5.41, 5.74) is 2.87. The lowest BCUT2D eigenvalue weighted by Crippen LogP contribution is -2.37. The Hall–Kier alpha value is -1.02. The summed E-state index contributed by atoms with van der Waals surface area (Å²) < 4.78 is 5.30. The van der Waals surface area contributed by atoms with E-state index < -0.39 is 0 Å². The van der Waals surface area contributed by atoms with Crippen LogP contribution >= 0.6 is 0 Å². The Morgan fingerprint density at radius 3 is 2.72 bits per heavy atom. The zero-order valence-electron chi connectivity index (χ0n) is 11.8. The van der Waals surface area contributed by atoms with Gasteiger partial charge >= 0.3 is 0 Å². The third-order valence-electron chi connectivity index (χ3n) is 4.11. The van der Waals surface area contributed by atoms with Gasteiger partial charge < -0.3 is 10.1 Å². The van der Waals surface area contributed by atoms with E-state index in [-0.39, 0.29) is 0 Å². The average Bonchev–Trinajstić information content (AvgIpc) is 2.40. The summed E-state index contributed by atoms with van der Waals surface area (Å²) in [6.45, 7) is 5.47. The smallest absolute Gasteiger partial charge is 0.119 e. The van der Waals surface area contributed by atoms with E-state index in [1.165, 1.54) is 36.8 Å². The Balaban J connectivity index is 2.22. The van der Waals surface area contributed by atoms with E-state index in [9.17, 15) is 0 Å². The molecule has 1 N–H and O–H groups in total. The van der Waals surface area contributed by atoms with E-state index in [2.05, 4.69) is 37.4 Å². The van der Waals surface area contributed by atoms with Crippen molar-refractivity contribution in [3.05, 3.63) is 29.3 Å². The summed E-state index contributed by atoms with van der Waals surface area (Å²) in [7, 11) is 1.73. The highest BCUT2D eigenvalue weighted by Crippen LogP contribution is 2.35. The normalized spacial score (nSPS) is 23.9. The molecule has 2 nitrogen and oxygen atoms in total. The van der Waals surface area contributed by atoms with E-state index in [1.807, 2.05) is 0 Å². The standard InChI is InChI=1S/C16H25NO/c1-4-17-16-8-6-5-7-15(16)14-10-9-13(18-3)11-12(14)2/h9-11,15-17H,4-8H2,1-3H3. The fourth-order valence-electron chi connectivity index (χ4n) is 3.20. The quantitative estimate of drug-likeness (QED) is 0.877. The van der Waals surface area contributed by atoms with Crippen LogP contribution in [0.15, 0.2) is 18.2 Å². The van der Waals surface area contributed by atoms with Crippen molar-refractivity contribution in [2.45, 2.75) is 51.5 Å². The molecule has 0 bridgehead atoms. The average molecular weight is 247 g/mol. The molecule has 1 aliphatic rings. The van der Waals surface area contributed by atoms with E-state index in [1.54, 1.807) is 7.11 Å². The third-order valence-corrected chi connectivity index (χ3v) is 4.11. The van der Waals surface area contributed by atoms with Gasteiger partial charge in [0.25, 0.3) is 0 Å². The van der Waals surface area contributed by atoms with Crippen molar-refractivity contribution < 1.29 is 4.74 Å². The monoisotopic (exact) mass is 247 g/mol. The van der Waals surface area contributed by atoms with E-state index >= 15 is 0 Å². The molecule has 0 aromatic heterocycles. The second-order valence-electron chi connectivity index (χ2n) is 5.28. The molecule has 0 saturated heterocycles. The van der Waals surface area contributed by atoms with Gasteiger partial charge in [-0.1, -0.05) is 25.8 Å². The minimum Gasteiger partial charge on any atom is -0.497 e. The molecule has 0 amide bonds. The van der Waals surface area contributed by atoms with Gasteiger partial charge in [0.1, 0.15) is 5.75 Å². The Bertz CT molecular complexity index is 387. The number of rotatable bonds is 4. The number of hydrogen-bond acceptors (Lipinski definition) is 2. The second kappa shape index (κ2) is 6.24. The Morgan fingerprint density at radius 1 is 1.28 bits per heavy atom. The highest BCUT2D eigenvalue weighted by Gasteiger charge is 2.26. The van der Waals surface area contributed by atoms with Crippen LogP contribution in [-0.2, 0) is 0 Å². The summed E-state index contributed by atoms with van der Waals surface area (Å²) in [5.74, 6) is 1.64. The minimum atomic E-state index is 0.649. The first-order valence-corrected chi connectivity index (χ1v) is 7.14. The molecule has 2 atom stereocenters. The van der Waals surface area contributed by atoms with Crippen molar-refractivity contribution in [2.75, 3.05) is 13.7 Å². The molecule has 0 aliphatic heterocycles. The van der Waals surface area contributed by atoms with Crippen LogP contribution in [0.5, 0.6) is 5.75 Å². The van der Waals surface area contributed by atoms with E-state index in [0.717, 1.165) is 12.3 Å². The Kier molecular flexibility index (Phi) is 4.65. The summed E-state index contributed by atoms with van der Waals surface area (Å²) in [6, 6.07) is 7.16. The van der Waals surface area contributed by atoms with Crippen LogP contribution in [0.3, 0.4) is 0 Å². The maximum Gasteiger partial charge on any atom is 0.119 e. The van der Waals surface area contributed by atoms with Gasteiger partial charge in [-0.25, -0.2) is 0 Å². The van der Waals surface area contributed by atoms with Crippen LogP contribution in [0.25, 0.3) is 0 Å². The summed E-state index contributed by atoms with van der Waals surface area (Å²) in [5, 5.41) is 3.66. The number of benzene rings is 1. The Morgan fingerprint density at radius 2 is 2.06 bits per heavy atom. The lowest BCUT2D eigenvalue weighted by atomic mass is 9.78. The molecule has 1 fully saturated rings. The van der Waals surface area contributed by atoms with Gasteiger partial charge in [-0.3, -0.25) is 0 Å². The van der Waals surface area contributed by atoms with Gasteiger partial charge in [0.15, 0.2) is 0 Å². The molecule has 1 saturated carbocycles. The molecule has 18 heavy (non-hydrogen) atoms. The molecule has 2 unspecified atom stereocenters. The van der Waals surface area contributed by atoms with E-state index in [4.69, 9.17) is 4.74 Å². The lowest BCUT2D eigenvalue weighted by Gasteiger charge is -2.33. The minimum absolute atomic E-state index is 0.649. The SMILES string of the molecule is CCNC1CCCCC1c1ccc(OC)cc1C. The highest BCUT2D eigenvalue weighted by atomic mass is 16.5. The molecule has 1 aromatic carbocycles. The first kappa shape index (κ1) is 13.4. The summed E-state index contributed by atoms with van der Waals surface area (Å²) in [4.78, 5) is 0. The zero-order valence-corrected chi connectivity index (χ0v) is 11.8. The summed E-state index contributed by atoms with van der Waals surface area (Å²) >= 11 is 0. The summed E-state index contributed by atoms with van der Waals surface area (Å²) in [6.07, 6.45) is 5.34. The maximum absolute atomic E-state index is 5.30. The molecule has 2 rings (SSSR count).